The fourth-order valence-electron chi connectivity index (χ4n) is 7.58. The predicted molar refractivity (Wildman–Crippen MR) is 284 cm³/mol. The molecule has 7 atom stereocenters. The number of aliphatic hydroxyl groups is 2. The molecule has 2 aliphatic rings. The van der Waals surface area contributed by atoms with Crippen LogP contribution in [0.15, 0.2) is 60.7 Å². The Labute approximate surface area is 416 Å². The first-order valence-corrected chi connectivity index (χ1v) is 31.3. The van der Waals surface area contributed by atoms with E-state index in [0.717, 1.165) is 50.7 Å². The molecule has 0 saturated carbocycles. The number of benzene rings is 2. The van der Waals surface area contributed by atoms with E-state index in [1.165, 1.54) is 5.56 Å². The highest BCUT2D eigenvalue weighted by Crippen LogP contribution is 2.38. The molecule has 0 aromatic heterocycles. The number of hydrogen-bond acceptors (Lipinski definition) is 11. The van der Waals surface area contributed by atoms with Crippen LogP contribution in [0.1, 0.15) is 120 Å². The van der Waals surface area contributed by atoms with Gasteiger partial charge in [-0.25, -0.2) is 0 Å². The van der Waals surface area contributed by atoms with Crippen molar-refractivity contribution < 1.29 is 42.9 Å². The summed E-state index contributed by atoms with van der Waals surface area (Å²) < 4.78 is 28.9. The second-order valence-electron chi connectivity index (χ2n) is 24.3. The zero-order valence-electron chi connectivity index (χ0n) is 45.5. The summed E-state index contributed by atoms with van der Waals surface area (Å²) in [5.41, 5.74) is 7.86. The van der Waals surface area contributed by atoms with E-state index >= 15 is 0 Å². The summed E-state index contributed by atoms with van der Waals surface area (Å²) in [4.78, 5) is 23.1. The van der Waals surface area contributed by atoms with Gasteiger partial charge in [0.15, 0.2) is 22.9 Å². The molecule has 2 saturated heterocycles. The van der Waals surface area contributed by atoms with Gasteiger partial charge in [0.25, 0.3) is 0 Å². The number of hydrogen-bond donors (Lipinski definition) is 4. The van der Waals surface area contributed by atoms with Gasteiger partial charge in [0.05, 0.1) is 37.8 Å². The van der Waals surface area contributed by atoms with Crippen molar-refractivity contribution in [1.82, 2.24) is 5.32 Å². The van der Waals surface area contributed by atoms with Gasteiger partial charge in [0.2, 0.25) is 0 Å². The molecule has 2 fully saturated rings. The SMILES string of the molecule is CC(C)(C=O)CCO[Si](C)(C)C(C)(C)C.CC(C)[C@@H](Cc1ccccc1)[C@H](O)CNCC(C)(C)CCO[Si](C)(C)C(C)(C)C.NC[C@@H](O)[C@@H](CC(=O)O[C@H]1CO[C@H]2OCC[C@H]21)Cc1ccccc1. The fraction of sp³-hybridized carbons (Fsp3) is 0.745. The van der Waals surface area contributed by atoms with Gasteiger partial charge in [0, 0.05) is 44.2 Å². The quantitative estimate of drug-likeness (QED) is 0.0451. The summed E-state index contributed by atoms with van der Waals surface area (Å²) in [5, 5.41) is 25.0. The predicted octanol–water partition coefficient (Wildman–Crippen LogP) is 10.4. The third-order valence-corrected chi connectivity index (χ3v) is 23.9. The molecular formula is C55H98N2O9Si2. The second kappa shape index (κ2) is 28.1. The molecule has 5 N–H and O–H groups in total. The van der Waals surface area contributed by atoms with Crippen LogP contribution in [0.4, 0.5) is 0 Å². The highest BCUT2D eigenvalue weighted by molar-refractivity contribution is 6.74. The number of esters is 1. The summed E-state index contributed by atoms with van der Waals surface area (Å²) in [6.45, 7) is 39.7. The topological polar surface area (TPSA) is 159 Å². The maximum atomic E-state index is 12.3. The maximum Gasteiger partial charge on any atom is 0.306 e. The Morgan fingerprint density at radius 1 is 0.794 bits per heavy atom. The monoisotopic (exact) mass is 987 g/mol. The molecule has 2 aliphatic heterocycles. The van der Waals surface area contributed by atoms with Crippen LogP contribution in [0.5, 0.6) is 0 Å². The Morgan fingerprint density at radius 3 is 1.79 bits per heavy atom. The summed E-state index contributed by atoms with van der Waals surface area (Å²) in [7, 11) is -3.31. The molecule has 0 amide bonds. The van der Waals surface area contributed by atoms with E-state index in [-0.39, 0.29) is 76.1 Å². The molecular weight excluding hydrogens is 889 g/mol. The summed E-state index contributed by atoms with van der Waals surface area (Å²) in [6.07, 6.45) is 3.79. The van der Waals surface area contributed by atoms with Crippen molar-refractivity contribution >= 4 is 28.9 Å². The molecule has 0 aliphatic carbocycles. The van der Waals surface area contributed by atoms with Gasteiger partial charge in [-0.1, -0.05) is 144 Å². The number of rotatable bonds is 24. The number of aliphatic hydroxyl groups excluding tert-OH is 2. The lowest BCUT2D eigenvalue weighted by atomic mass is 9.84. The van der Waals surface area contributed by atoms with E-state index in [2.05, 4.69) is 125 Å². The van der Waals surface area contributed by atoms with Crippen LogP contribution in [0.3, 0.4) is 0 Å². The van der Waals surface area contributed by atoms with Crippen LogP contribution in [-0.4, -0.2) is 110 Å². The number of ether oxygens (including phenoxy) is 3. The Balaban J connectivity index is 0.000000368. The first kappa shape index (κ1) is 61.8. The minimum atomic E-state index is -1.68. The van der Waals surface area contributed by atoms with Crippen molar-refractivity contribution in [3.05, 3.63) is 71.8 Å². The molecule has 2 heterocycles. The van der Waals surface area contributed by atoms with Gasteiger partial charge in [0.1, 0.15) is 12.4 Å². The lowest BCUT2D eigenvalue weighted by Crippen LogP contribution is -2.43. The van der Waals surface area contributed by atoms with E-state index in [1.54, 1.807) is 0 Å². The van der Waals surface area contributed by atoms with E-state index in [4.69, 9.17) is 28.8 Å². The van der Waals surface area contributed by atoms with Crippen LogP contribution >= 0.6 is 0 Å². The van der Waals surface area contributed by atoms with Crippen molar-refractivity contribution in [3.8, 4) is 0 Å². The highest BCUT2D eigenvalue weighted by atomic mass is 28.4. The molecule has 68 heavy (non-hydrogen) atoms. The molecule has 0 unspecified atom stereocenters. The molecule has 13 heteroatoms. The number of fused-ring (bicyclic) bond motifs is 1. The minimum Gasteiger partial charge on any atom is -0.459 e. The molecule has 2 aromatic carbocycles. The average molecular weight is 988 g/mol. The minimum absolute atomic E-state index is 0.121. The van der Waals surface area contributed by atoms with Crippen molar-refractivity contribution in [2.24, 2.45) is 40.2 Å². The number of carbonyl (C=O) groups is 2. The zero-order chi connectivity index (χ0) is 51.6. The summed E-state index contributed by atoms with van der Waals surface area (Å²) in [5.74, 6) is 0.251. The average Bonchev–Trinajstić information content (AvgIpc) is 3.87. The lowest BCUT2D eigenvalue weighted by Gasteiger charge is -2.37. The van der Waals surface area contributed by atoms with Gasteiger partial charge in [-0.05, 0) is 96.7 Å². The molecule has 390 valence electrons. The van der Waals surface area contributed by atoms with E-state index in [0.29, 0.717) is 38.7 Å². The van der Waals surface area contributed by atoms with Crippen molar-refractivity contribution in [3.63, 3.8) is 0 Å². The number of nitrogens with one attached hydrogen (secondary N) is 1. The maximum absolute atomic E-state index is 12.3. The summed E-state index contributed by atoms with van der Waals surface area (Å²) in [6, 6.07) is 20.3. The van der Waals surface area contributed by atoms with Crippen LogP contribution in [-0.2, 0) is 45.5 Å². The third-order valence-electron chi connectivity index (χ3n) is 14.8. The van der Waals surface area contributed by atoms with E-state index < -0.39 is 22.7 Å². The number of nitrogens with two attached hydrogens (primary N) is 1. The largest absolute Gasteiger partial charge is 0.459 e. The highest BCUT2D eigenvalue weighted by Gasteiger charge is 2.44. The Morgan fingerprint density at radius 2 is 1.31 bits per heavy atom. The van der Waals surface area contributed by atoms with Crippen LogP contribution < -0.4 is 11.1 Å². The Hall–Kier alpha value is -2.31. The van der Waals surface area contributed by atoms with E-state index in [1.807, 2.05) is 50.2 Å². The Kier molecular flexibility index (Phi) is 25.5. The van der Waals surface area contributed by atoms with Crippen molar-refractivity contribution in [2.75, 3.05) is 46.1 Å². The summed E-state index contributed by atoms with van der Waals surface area (Å²) >= 11 is 0. The van der Waals surface area contributed by atoms with Gasteiger partial charge in [-0.15, -0.1) is 0 Å². The van der Waals surface area contributed by atoms with Gasteiger partial charge in [-0.2, -0.15) is 0 Å². The number of aldehydes is 1. The number of carbonyl (C=O) groups excluding carboxylic acids is 2. The standard InChI is InChI=1S/C25H47NO2Si.C18H25NO5.C12H26O2Si/c1-20(2)22(17-21-13-11-10-12-14-21)23(27)18-26-19-25(6,7)15-16-28-29(8,9)24(3,4)5;19-10-15(20)13(8-12-4-2-1-3-5-12)9-17(21)24-16-11-23-18-14(16)6-7-22-18;1-11(2,3)15(6,7)14-9-8-12(4,5)10-13/h10-14,20,22-23,26-27H,15-19H2,1-9H3;1-5,13-16,18,20H,6-11,19H2;10H,8-9H2,1-7H3/t22-,23-;13-,14+,15-,16+,18-;/m11./s1. The Bertz CT molecular complexity index is 1710. The van der Waals surface area contributed by atoms with E-state index in [9.17, 15) is 19.8 Å². The van der Waals surface area contributed by atoms with Gasteiger partial charge in [-0.3, -0.25) is 4.79 Å². The van der Waals surface area contributed by atoms with Crippen LogP contribution in [0.25, 0.3) is 0 Å². The smallest absolute Gasteiger partial charge is 0.306 e. The van der Waals surface area contributed by atoms with Gasteiger partial charge < -0.3 is 49.1 Å². The first-order valence-electron chi connectivity index (χ1n) is 25.5. The van der Waals surface area contributed by atoms with Gasteiger partial charge >= 0.3 is 5.97 Å². The molecule has 11 nitrogen and oxygen atoms in total. The van der Waals surface area contributed by atoms with Crippen molar-refractivity contribution in [1.29, 1.82) is 0 Å². The molecule has 0 radical (unpaired) electrons. The molecule has 4 rings (SSSR count). The fourth-order valence-corrected chi connectivity index (χ4v) is 9.67. The second-order valence-corrected chi connectivity index (χ2v) is 33.9. The lowest BCUT2D eigenvalue weighted by molar-refractivity contribution is -0.152. The molecule has 2 aromatic rings. The normalized spacial score (nSPS) is 19.7. The zero-order valence-corrected chi connectivity index (χ0v) is 47.5. The van der Waals surface area contributed by atoms with Crippen LogP contribution in [0.2, 0.25) is 36.3 Å². The van der Waals surface area contributed by atoms with Crippen molar-refractivity contribution in [2.45, 2.75) is 182 Å². The first-order chi connectivity index (χ1) is 31.4. The van der Waals surface area contributed by atoms with Crippen LogP contribution in [0, 0.1) is 34.5 Å². The third kappa shape index (κ3) is 22.0. The molecule has 0 bridgehead atoms. The molecule has 0 spiro atoms.